The number of halogens is 2. The van der Waals surface area contributed by atoms with Gasteiger partial charge < -0.3 is 0 Å². The molecule has 1 aromatic rings. The largest absolute Gasteiger partial charge is 0.224 e. The molecule has 0 aliphatic carbocycles. The molecule has 1 aromatic heterocycles. The van der Waals surface area contributed by atoms with E-state index in [1.54, 1.807) is 0 Å². The monoisotopic (exact) mass is 204 g/mol. The molecule has 1 heterocycles. The van der Waals surface area contributed by atoms with E-state index >= 15 is 0 Å². The summed E-state index contributed by atoms with van der Waals surface area (Å²) in [6.45, 7) is 2.12. The lowest BCUT2D eigenvalue weighted by molar-refractivity contribution is 0.788. The van der Waals surface area contributed by atoms with Gasteiger partial charge >= 0.3 is 0 Å². The lowest BCUT2D eigenvalue weighted by Gasteiger charge is -2.02. The van der Waals surface area contributed by atoms with E-state index in [4.69, 9.17) is 23.2 Å². The number of nitrogens with zero attached hydrogens (tertiary/aromatic N) is 2. The fourth-order valence-corrected chi connectivity index (χ4v) is 1.43. The third-order valence-corrected chi connectivity index (χ3v) is 2.27. The predicted octanol–water partition coefficient (Wildman–Crippen LogP) is 3.13. The predicted molar refractivity (Wildman–Crippen MR) is 50.7 cm³/mol. The van der Waals surface area contributed by atoms with Crippen molar-refractivity contribution in [3.05, 3.63) is 22.2 Å². The van der Waals surface area contributed by atoms with Crippen LogP contribution >= 0.6 is 23.2 Å². The lowest BCUT2D eigenvalue weighted by Crippen LogP contribution is -1.93. The topological polar surface area (TPSA) is 25.8 Å². The van der Waals surface area contributed by atoms with Gasteiger partial charge in [-0.15, -0.1) is 0 Å². The summed E-state index contributed by atoms with van der Waals surface area (Å²) in [5, 5.41) is 0.951. The molecular formula is C8H10Cl2N2. The minimum absolute atomic E-state index is 0.475. The average Bonchev–Trinajstić information content (AvgIpc) is 2.04. The first-order valence-corrected chi connectivity index (χ1v) is 4.66. The van der Waals surface area contributed by atoms with Crippen molar-refractivity contribution in [3.63, 3.8) is 0 Å². The van der Waals surface area contributed by atoms with Gasteiger partial charge in [0.2, 0.25) is 0 Å². The van der Waals surface area contributed by atoms with E-state index in [1.165, 1.54) is 6.33 Å². The Morgan fingerprint density at radius 2 is 1.83 bits per heavy atom. The zero-order valence-electron chi connectivity index (χ0n) is 6.85. The van der Waals surface area contributed by atoms with Crippen LogP contribution in [0.2, 0.25) is 10.3 Å². The summed E-state index contributed by atoms with van der Waals surface area (Å²) in [6, 6.07) is 0. The van der Waals surface area contributed by atoms with Crippen LogP contribution in [0.15, 0.2) is 6.33 Å². The van der Waals surface area contributed by atoms with Crippen LogP contribution in [0.4, 0.5) is 0 Å². The normalized spacial score (nSPS) is 10.2. The van der Waals surface area contributed by atoms with Gasteiger partial charge in [0.1, 0.15) is 16.6 Å². The highest BCUT2D eigenvalue weighted by Crippen LogP contribution is 2.21. The van der Waals surface area contributed by atoms with Gasteiger partial charge in [0, 0.05) is 5.56 Å². The maximum atomic E-state index is 5.83. The maximum absolute atomic E-state index is 5.83. The van der Waals surface area contributed by atoms with Crippen molar-refractivity contribution in [2.75, 3.05) is 0 Å². The first-order valence-electron chi connectivity index (χ1n) is 3.90. The fraction of sp³-hybridized carbons (Fsp3) is 0.500. The highest BCUT2D eigenvalue weighted by molar-refractivity contribution is 6.34. The molecule has 0 aliphatic heterocycles. The van der Waals surface area contributed by atoms with Crippen molar-refractivity contribution in [1.29, 1.82) is 0 Å². The zero-order chi connectivity index (χ0) is 8.97. The van der Waals surface area contributed by atoms with Crippen molar-refractivity contribution in [2.24, 2.45) is 0 Å². The van der Waals surface area contributed by atoms with E-state index in [2.05, 4.69) is 16.9 Å². The molecule has 0 amide bonds. The zero-order valence-corrected chi connectivity index (χ0v) is 8.36. The molecule has 0 N–H and O–H groups in total. The first-order chi connectivity index (χ1) is 5.75. The number of hydrogen-bond acceptors (Lipinski definition) is 2. The molecule has 12 heavy (non-hydrogen) atoms. The molecule has 4 heteroatoms. The summed E-state index contributed by atoms with van der Waals surface area (Å²) in [6.07, 6.45) is 4.41. The van der Waals surface area contributed by atoms with E-state index < -0.39 is 0 Å². The molecular weight excluding hydrogens is 195 g/mol. The van der Waals surface area contributed by atoms with Crippen LogP contribution in [0.3, 0.4) is 0 Å². The number of rotatable bonds is 3. The molecule has 2 nitrogen and oxygen atoms in total. The molecule has 0 atom stereocenters. The Bertz CT molecular complexity index is 243. The fourth-order valence-electron chi connectivity index (χ4n) is 0.931. The van der Waals surface area contributed by atoms with Gasteiger partial charge in [-0.2, -0.15) is 0 Å². The molecule has 0 aromatic carbocycles. The lowest BCUT2D eigenvalue weighted by atomic mass is 10.1. The van der Waals surface area contributed by atoms with Gasteiger partial charge in [-0.05, 0) is 12.8 Å². The van der Waals surface area contributed by atoms with Gasteiger partial charge in [-0.1, -0.05) is 36.5 Å². The van der Waals surface area contributed by atoms with Crippen LogP contribution in [-0.4, -0.2) is 9.97 Å². The standard InChI is InChI=1S/C8H10Cl2N2/c1-2-3-4-6-7(9)11-5-12-8(6)10/h5H,2-4H2,1H3. The molecule has 0 radical (unpaired) electrons. The summed E-state index contributed by atoms with van der Waals surface area (Å²) < 4.78 is 0. The number of hydrogen-bond donors (Lipinski definition) is 0. The highest BCUT2D eigenvalue weighted by atomic mass is 35.5. The number of unbranched alkanes of at least 4 members (excludes halogenated alkanes) is 1. The molecule has 1 rings (SSSR count). The summed E-state index contributed by atoms with van der Waals surface area (Å²) in [5.74, 6) is 0. The Labute approximate surface area is 81.9 Å². The second kappa shape index (κ2) is 4.63. The smallest absolute Gasteiger partial charge is 0.137 e. The molecule has 66 valence electrons. The van der Waals surface area contributed by atoms with Crippen molar-refractivity contribution in [2.45, 2.75) is 26.2 Å². The summed E-state index contributed by atoms with van der Waals surface area (Å²) in [7, 11) is 0. The first kappa shape index (κ1) is 9.75. The Balaban J connectivity index is 2.81. The Kier molecular flexibility index (Phi) is 3.76. The van der Waals surface area contributed by atoms with E-state index in [0.29, 0.717) is 10.3 Å². The molecule has 0 unspecified atom stereocenters. The third kappa shape index (κ3) is 2.32. The van der Waals surface area contributed by atoms with Gasteiger partial charge in [-0.25, -0.2) is 9.97 Å². The quantitative estimate of drug-likeness (QED) is 0.708. The molecule has 0 bridgehead atoms. The van der Waals surface area contributed by atoms with Gasteiger partial charge in [-0.3, -0.25) is 0 Å². The van der Waals surface area contributed by atoms with Crippen LogP contribution in [0.1, 0.15) is 25.3 Å². The van der Waals surface area contributed by atoms with Crippen LogP contribution in [0, 0.1) is 0 Å². The van der Waals surface area contributed by atoms with Gasteiger partial charge in [0.05, 0.1) is 0 Å². The Hall–Kier alpha value is -0.340. The number of aromatic nitrogens is 2. The van der Waals surface area contributed by atoms with Crippen molar-refractivity contribution < 1.29 is 0 Å². The summed E-state index contributed by atoms with van der Waals surface area (Å²) >= 11 is 11.7. The second-order valence-electron chi connectivity index (χ2n) is 2.54. The van der Waals surface area contributed by atoms with Gasteiger partial charge in [0.25, 0.3) is 0 Å². The van der Waals surface area contributed by atoms with Crippen molar-refractivity contribution >= 4 is 23.2 Å². The summed E-state index contributed by atoms with van der Waals surface area (Å²) in [4.78, 5) is 7.73. The van der Waals surface area contributed by atoms with E-state index in [1.807, 2.05) is 0 Å². The average molecular weight is 205 g/mol. The molecule has 0 aliphatic rings. The van der Waals surface area contributed by atoms with Crippen LogP contribution < -0.4 is 0 Å². The van der Waals surface area contributed by atoms with E-state index in [9.17, 15) is 0 Å². The van der Waals surface area contributed by atoms with Crippen LogP contribution in [-0.2, 0) is 6.42 Å². The van der Waals surface area contributed by atoms with Crippen LogP contribution in [0.25, 0.3) is 0 Å². The minimum atomic E-state index is 0.475. The molecule has 0 spiro atoms. The van der Waals surface area contributed by atoms with E-state index in [-0.39, 0.29) is 0 Å². The maximum Gasteiger partial charge on any atom is 0.137 e. The minimum Gasteiger partial charge on any atom is -0.224 e. The Morgan fingerprint density at radius 1 is 1.25 bits per heavy atom. The molecule has 0 fully saturated rings. The SMILES string of the molecule is CCCCc1c(Cl)ncnc1Cl. The van der Waals surface area contributed by atoms with Crippen molar-refractivity contribution in [3.8, 4) is 0 Å². The Morgan fingerprint density at radius 3 is 2.33 bits per heavy atom. The molecule has 0 saturated heterocycles. The van der Waals surface area contributed by atoms with Gasteiger partial charge in [0.15, 0.2) is 0 Å². The van der Waals surface area contributed by atoms with E-state index in [0.717, 1.165) is 24.8 Å². The highest BCUT2D eigenvalue weighted by Gasteiger charge is 2.06. The van der Waals surface area contributed by atoms with Crippen molar-refractivity contribution in [1.82, 2.24) is 9.97 Å². The second-order valence-corrected chi connectivity index (χ2v) is 3.25. The third-order valence-electron chi connectivity index (χ3n) is 1.62. The molecule has 0 saturated carbocycles. The van der Waals surface area contributed by atoms with Crippen LogP contribution in [0.5, 0.6) is 0 Å². The summed E-state index contributed by atoms with van der Waals surface area (Å²) in [5.41, 5.74) is 0.864.